The minimum Gasteiger partial charge on any atom is -0.407 e. The highest BCUT2D eigenvalue weighted by atomic mass is 16.5. The fraction of sp³-hybridized carbons (Fsp3) is 0.500. The van der Waals surface area contributed by atoms with E-state index >= 15 is 0 Å². The maximum Gasteiger partial charge on any atom is 0.315 e. The molecular formula is C8H12N6O2. The quantitative estimate of drug-likeness (QED) is 0.716. The van der Waals surface area contributed by atoms with Crippen LogP contribution in [-0.2, 0) is 13.1 Å². The lowest BCUT2D eigenvalue weighted by Gasteiger charge is -1.95. The molecule has 0 saturated heterocycles. The fourth-order valence-electron chi connectivity index (χ4n) is 1.05. The van der Waals surface area contributed by atoms with Crippen molar-refractivity contribution in [3.63, 3.8) is 0 Å². The van der Waals surface area contributed by atoms with Gasteiger partial charge in [-0.05, 0) is 6.54 Å². The lowest BCUT2D eigenvalue weighted by molar-refractivity contribution is 0.410. The summed E-state index contributed by atoms with van der Waals surface area (Å²) in [7, 11) is 0. The average Bonchev–Trinajstić information content (AvgIpc) is 2.95. The second kappa shape index (κ2) is 5.21. The molecule has 8 nitrogen and oxygen atoms in total. The summed E-state index contributed by atoms with van der Waals surface area (Å²) in [6, 6.07) is 0.345. The van der Waals surface area contributed by atoms with E-state index in [2.05, 4.69) is 35.5 Å². The Morgan fingerprint density at radius 1 is 1.31 bits per heavy atom. The molecule has 0 aliphatic rings. The van der Waals surface area contributed by atoms with E-state index in [0.29, 0.717) is 30.8 Å². The van der Waals surface area contributed by atoms with E-state index in [0.717, 1.165) is 6.54 Å². The van der Waals surface area contributed by atoms with Gasteiger partial charge in [0.2, 0.25) is 12.3 Å². The van der Waals surface area contributed by atoms with Crippen molar-refractivity contribution in [1.82, 2.24) is 25.7 Å². The van der Waals surface area contributed by atoms with Crippen molar-refractivity contribution in [2.45, 2.75) is 20.0 Å². The lowest BCUT2D eigenvalue weighted by Crippen LogP contribution is -2.11. The highest BCUT2D eigenvalue weighted by Crippen LogP contribution is 2.05. The van der Waals surface area contributed by atoms with Gasteiger partial charge in [-0.25, -0.2) is 0 Å². The van der Waals surface area contributed by atoms with Crippen LogP contribution in [0.3, 0.4) is 0 Å². The Bertz CT molecular complexity index is 412. The Hall–Kier alpha value is -1.96. The van der Waals surface area contributed by atoms with Crippen LogP contribution in [0.15, 0.2) is 15.3 Å². The first-order valence-corrected chi connectivity index (χ1v) is 4.90. The third-order valence-electron chi connectivity index (χ3n) is 1.80. The van der Waals surface area contributed by atoms with Crippen molar-refractivity contribution in [3.05, 3.63) is 18.1 Å². The second-order valence-electron chi connectivity index (χ2n) is 2.98. The zero-order chi connectivity index (χ0) is 11.2. The van der Waals surface area contributed by atoms with Gasteiger partial charge in [0.1, 0.15) is 0 Å². The van der Waals surface area contributed by atoms with Crippen LogP contribution in [0.2, 0.25) is 0 Å². The number of anilines is 1. The van der Waals surface area contributed by atoms with E-state index in [9.17, 15) is 0 Å². The van der Waals surface area contributed by atoms with Gasteiger partial charge in [-0.3, -0.25) is 0 Å². The van der Waals surface area contributed by atoms with Crippen molar-refractivity contribution >= 4 is 6.01 Å². The molecule has 2 N–H and O–H groups in total. The SMILES string of the molecule is CCNCc1nnc(NCc2ncon2)o1. The molecule has 0 radical (unpaired) electrons. The normalized spacial score (nSPS) is 10.6. The Labute approximate surface area is 91.4 Å². The van der Waals surface area contributed by atoms with E-state index in [1.54, 1.807) is 0 Å². The minimum absolute atomic E-state index is 0.345. The summed E-state index contributed by atoms with van der Waals surface area (Å²) in [5, 5.41) is 17.3. The second-order valence-corrected chi connectivity index (χ2v) is 2.98. The summed E-state index contributed by atoms with van der Waals surface area (Å²) in [4.78, 5) is 3.85. The molecule has 8 heteroatoms. The maximum atomic E-state index is 5.30. The predicted molar refractivity (Wildman–Crippen MR) is 53.3 cm³/mol. The lowest BCUT2D eigenvalue weighted by atomic mass is 10.6. The Balaban J connectivity index is 1.83. The molecule has 2 heterocycles. The number of aromatic nitrogens is 4. The molecule has 0 aliphatic heterocycles. The van der Waals surface area contributed by atoms with Crippen LogP contribution < -0.4 is 10.6 Å². The van der Waals surface area contributed by atoms with Crippen LogP contribution in [0.4, 0.5) is 6.01 Å². The monoisotopic (exact) mass is 224 g/mol. The molecule has 0 aromatic carbocycles. The molecule has 2 rings (SSSR count). The highest BCUT2D eigenvalue weighted by molar-refractivity contribution is 5.17. The van der Waals surface area contributed by atoms with Crippen LogP contribution in [0.5, 0.6) is 0 Å². The standard InChI is InChI=1S/C8H12N6O2/c1-2-9-4-7-12-13-8(16-7)10-3-6-11-5-15-14-6/h5,9H,2-4H2,1H3,(H,10,13). The van der Waals surface area contributed by atoms with Gasteiger partial charge in [0.15, 0.2) is 5.82 Å². The number of rotatable bonds is 6. The number of hydrogen-bond donors (Lipinski definition) is 2. The van der Waals surface area contributed by atoms with Gasteiger partial charge in [-0.15, -0.1) is 5.10 Å². The summed E-state index contributed by atoms with van der Waals surface area (Å²) in [5.41, 5.74) is 0. The zero-order valence-corrected chi connectivity index (χ0v) is 8.80. The number of nitrogens with one attached hydrogen (secondary N) is 2. The molecule has 0 amide bonds. The first kappa shape index (κ1) is 10.6. The summed E-state index contributed by atoms with van der Waals surface area (Å²) in [5.74, 6) is 1.07. The van der Waals surface area contributed by atoms with E-state index < -0.39 is 0 Å². The van der Waals surface area contributed by atoms with Gasteiger partial charge in [0, 0.05) is 0 Å². The maximum absolute atomic E-state index is 5.30. The molecule has 0 fully saturated rings. The molecule has 0 bridgehead atoms. The topological polar surface area (TPSA) is 102 Å². The number of hydrogen-bond acceptors (Lipinski definition) is 8. The third kappa shape index (κ3) is 2.76. The van der Waals surface area contributed by atoms with E-state index in [1.165, 1.54) is 6.39 Å². The van der Waals surface area contributed by atoms with Crippen LogP contribution in [-0.4, -0.2) is 26.9 Å². The van der Waals surface area contributed by atoms with Crippen LogP contribution in [0.25, 0.3) is 0 Å². The van der Waals surface area contributed by atoms with E-state index in [4.69, 9.17) is 4.42 Å². The minimum atomic E-state index is 0.345. The molecule has 0 saturated carbocycles. The average molecular weight is 224 g/mol. The van der Waals surface area contributed by atoms with Crippen LogP contribution in [0.1, 0.15) is 18.6 Å². The fourth-order valence-corrected chi connectivity index (χ4v) is 1.05. The Morgan fingerprint density at radius 3 is 3.00 bits per heavy atom. The Morgan fingerprint density at radius 2 is 2.25 bits per heavy atom. The molecular weight excluding hydrogens is 212 g/mol. The third-order valence-corrected chi connectivity index (χ3v) is 1.80. The Kier molecular flexibility index (Phi) is 3.44. The van der Waals surface area contributed by atoms with Gasteiger partial charge in [0.25, 0.3) is 0 Å². The molecule has 0 atom stereocenters. The molecule has 16 heavy (non-hydrogen) atoms. The van der Waals surface area contributed by atoms with Gasteiger partial charge in [0.05, 0.1) is 13.1 Å². The van der Waals surface area contributed by atoms with Crippen molar-refractivity contribution in [1.29, 1.82) is 0 Å². The largest absolute Gasteiger partial charge is 0.407 e. The summed E-state index contributed by atoms with van der Waals surface area (Å²) < 4.78 is 9.89. The van der Waals surface area contributed by atoms with Crippen molar-refractivity contribution in [2.75, 3.05) is 11.9 Å². The summed E-state index contributed by atoms with van der Waals surface area (Å²) in [6.45, 7) is 3.81. The van der Waals surface area contributed by atoms with Gasteiger partial charge in [-0.1, -0.05) is 17.2 Å². The molecule has 0 spiro atoms. The molecule has 2 aromatic heterocycles. The van der Waals surface area contributed by atoms with Crippen LogP contribution in [0, 0.1) is 0 Å². The molecule has 0 aliphatic carbocycles. The molecule has 0 unspecified atom stereocenters. The summed E-state index contributed by atoms with van der Waals surface area (Å²) >= 11 is 0. The van der Waals surface area contributed by atoms with Gasteiger partial charge in [-0.2, -0.15) is 4.98 Å². The van der Waals surface area contributed by atoms with Crippen molar-refractivity contribution in [3.8, 4) is 0 Å². The zero-order valence-electron chi connectivity index (χ0n) is 8.80. The van der Waals surface area contributed by atoms with Crippen molar-refractivity contribution in [2.24, 2.45) is 0 Å². The van der Waals surface area contributed by atoms with Crippen LogP contribution >= 0.6 is 0 Å². The van der Waals surface area contributed by atoms with Crippen molar-refractivity contribution < 1.29 is 8.94 Å². The predicted octanol–water partition coefficient (Wildman–Crippen LogP) is 0.174. The first-order chi connectivity index (χ1) is 7.88. The number of nitrogens with zero attached hydrogens (tertiary/aromatic N) is 4. The van der Waals surface area contributed by atoms with E-state index in [1.807, 2.05) is 6.92 Å². The smallest absolute Gasteiger partial charge is 0.315 e. The molecule has 86 valence electrons. The molecule has 2 aromatic rings. The first-order valence-electron chi connectivity index (χ1n) is 4.90. The summed E-state index contributed by atoms with van der Waals surface area (Å²) in [6.07, 6.45) is 1.27. The van der Waals surface area contributed by atoms with Gasteiger partial charge < -0.3 is 19.6 Å². The van der Waals surface area contributed by atoms with Gasteiger partial charge >= 0.3 is 6.01 Å². The highest BCUT2D eigenvalue weighted by Gasteiger charge is 2.05. The van der Waals surface area contributed by atoms with E-state index in [-0.39, 0.29) is 0 Å².